The van der Waals surface area contributed by atoms with Gasteiger partial charge in [-0.15, -0.1) is 0 Å². The number of imidazole rings is 1. The third-order valence-electron chi connectivity index (χ3n) is 3.49. The molecule has 0 aromatic carbocycles. The first kappa shape index (κ1) is 14.5. The zero-order valence-electron chi connectivity index (χ0n) is 12.2. The van der Waals surface area contributed by atoms with E-state index in [2.05, 4.69) is 4.98 Å². The first-order valence-electron chi connectivity index (χ1n) is 7.03. The zero-order chi connectivity index (χ0) is 14.9. The minimum absolute atomic E-state index is 0.280. The van der Waals surface area contributed by atoms with Gasteiger partial charge in [0, 0.05) is 32.6 Å². The van der Waals surface area contributed by atoms with Crippen molar-refractivity contribution in [2.45, 2.75) is 46.8 Å². The average Bonchev–Trinajstić information content (AvgIpc) is 2.79. The van der Waals surface area contributed by atoms with Crippen LogP contribution in [0.5, 0.6) is 0 Å². The van der Waals surface area contributed by atoms with Crippen molar-refractivity contribution < 1.29 is 0 Å². The Morgan fingerprint density at radius 2 is 1.70 bits per heavy atom. The van der Waals surface area contributed by atoms with Crippen LogP contribution in [0.1, 0.15) is 26.6 Å². The number of fused-ring (bicyclic) bond motifs is 1. The van der Waals surface area contributed by atoms with Crippen molar-refractivity contribution >= 4 is 11.2 Å². The number of hydrogen-bond donors (Lipinski definition) is 1. The van der Waals surface area contributed by atoms with Crippen LogP contribution in [0, 0.1) is 0 Å². The molecule has 0 spiro atoms. The second-order valence-electron chi connectivity index (χ2n) is 4.57. The van der Waals surface area contributed by atoms with Gasteiger partial charge in [-0.3, -0.25) is 13.9 Å². The molecule has 0 aliphatic carbocycles. The van der Waals surface area contributed by atoms with Crippen LogP contribution in [-0.2, 0) is 26.1 Å². The molecule has 0 bridgehead atoms. The van der Waals surface area contributed by atoms with Crippen molar-refractivity contribution in [2.24, 2.45) is 5.73 Å². The summed E-state index contributed by atoms with van der Waals surface area (Å²) in [5.74, 6) is 0.790. The largest absolute Gasteiger partial charge is 0.332 e. The van der Waals surface area contributed by atoms with Gasteiger partial charge in [-0.1, -0.05) is 6.92 Å². The Hall–Kier alpha value is -1.89. The van der Waals surface area contributed by atoms with Gasteiger partial charge >= 0.3 is 5.69 Å². The van der Waals surface area contributed by atoms with Gasteiger partial charge in [0.15, 0.2) is 11.2 Å². The van der Waals surface area contributed by atoms with Gasteiger partial charge < -0.3 is 10.3 Å². The number of aromatic nitrogens is 4. The van der Waals surface area contributed by atoms with E-state index < -0.39 is 0 Å². The highest BCUT2D eigenvalue weighted by molar-refractivity contribution is 5.71. The molecule has 110 valence electrons. The van der Waals surface area contributed by atoms with Crippen molar-refractivity contribution in [2.75, 3.05) is 6.54 Å². The van der Waals surface area contributed by atoms with Crippen LogP contribution in [0.3, 0.4) is 0 Å². The number of aryl methyl sites for hydroxylation is 2. The van der Waals surface area contributed by atoms with Crippen LogP contribution in [-0.4, -0.2) is 25.2 Å². The Labute approximate surface area is 116 Å². The highest BCUT2D eigenvalue weighted by atomic mass is 16.2. The Morgan fingerprint density at radius 1 is 1.05 bits per heavy atom. The summed E-state index contributed by atoms with van der Waals surface area (Å²) in [6.07, 6.45) is 0.693. The highest BCUT2D eigenvalue weighted by Gasteiger charge is 2.19. The molecule has 2 aromatic heterocycles. The maximum Gasteiger partial charge on any atom is 0.332 e. The summed E-state index contributed by atoms with van der Waals surface area (Å²) in [6.45, 7) is 7.43. The van der Waals surface area contributed by atoms with Crippen molar-refractivity contribution in [3.8, 4) is 0 Å². The fraction of sp³-hybridized carbons (Fsp3) is 0.615. The molecule has 7 heteroatoms. The molecule has 0 fully saturated rings. The van der Waals surface area contributed by atoms with Crippen molar-refractivity contribution in [1.29, 1.82) is 0 Å². The second-order valence-corrected chi connectivity index (χ2v) is 4.57. The SMILES string of the molecule is CCc1nc2c(c(=O)n(CC)c(=O)n2CC)n1CCN. The predicted octanol–water partition coefficient (Wildman–Crippen LogP) is -0.0794. The van der Waals surface area contributed by atoms with E-state index in [4.69, 9.17) is 5.73 Å². The lowest BCUT2D eigenvalue weighted by atomic mass is 10.4. The first-order chi connectivity index (χ1) is 9.60. The summed E-state index contributed by atoms with van der Waals surface area (Å²) in [7, 11) is 0. The molecule has 20 heavy (non-hydrogen) atoms. The minimum atomic E-state index is -0.299. The van der Waals surface area contributed by atoms with Crippen molar-refractivity contribution in [3.63, 3.8) is 0 Å². The Bertz CT molecular complexity index is 738. The van der Waals surface area contributed by atoms with Gasteiger partial charge in [-0.05, 0) is 13.8 Å². The standard InChI is InChI=1S/C13H21N5O2/c1-4-9-15-11-10(18(9)8-7-14)12(19)17(6-3)13(20)16(11)5-2/h4-8,14H2,1-3H3. The van der Waals surface area contributed by atoms with Gasteiger partial charge in [0.25, 0.3) is 5.56 Å². The zero-order valence-corrected chi connectivity index (χ0v) is 12.2. The molecule has 0 saturated carbocycles. The fourth-order valence-electron chi connectivity index (χ4n) is 2.54. The molecule has 0 atom stereocenters. The third kappa shape index (κ3) is 1.98. The van der Waals surface area contributed by atoms with Gasteiger partial charge in [0.1, 0.15) is 5.82 Å². The van der Waals surface area contributed by atoms with Gasteiger partial charge in [0.05, 0.1) is 0 Å². The molecule has 0 amide bonds. The molecule has 2 N–H and O–H groups in total. The summed E-state index contributed by atoms with van der Waals surface area (Å²) in [6, 6.07) is 0. The van der Waals surface area contributed by atoms with Gasteiger partial charge in [0.2, 0.25) is 0 Å². The van der Waals surface area contributed by atoms with Crippen molar-refractivity contribution in [1.82, 2.24) is 18.7 Å². The number of nitrogens with zero attached hydrogens (tertiary/aromatic N) is 4. The summed E-state index contributed by atoms with van der Waals surface area (Å²) < 4.78 is 4.64. The molecule has 0 aliphatic heterocycles. The minimum Gasteiger partial charge on any atom is -0.329 e. The van der Waals surface area contributed by atoms with E-state index >= 15 is 0 Å². The second kappa shape index (κ2) is 5.62. The Balaban J connectivity index is 3.00. The quantitative estimate of drug-likeness (QED) is 0.829. The van der Waals surface area contributed by atoms with Crippen LogP contribution >= 0.6 is 0 Å². The maximum atomic E-state index is 12.5. The van der Waals surface area contributed by atoms with Crippen molar-refractivity contribution in [3.05, 3.63) is 26.7 Å². The molecule has 7 nitrogen and oxygen atoms in total. The maximum absolute atomic E-state index is 12.5. The Kier molecular flexibility index (Phi) is 4.08. The summed E-state index contributed by atoms with van der Waals surface area (Å²) in [5, 5.41) is 0. The molecule has 2 rings (SSSR count). The van der Waals surface area contributed by atoms with Gasteiger partial charge in [-0.2, -0.15) is 0 Å². The van der Waals surface area contributed by atoms with E-state index in [0.29, 0.717) is 43.8 Å². The van der Waals surface area contributed by atoms with E-state index in [0.717, 1.165) is 5.82 Å². The summed E-state index contributed by atoms with van der Waals surface area (Å²) in [5.41, 5.74) is 6.00. The van der Waals surface area contributed by atoms with E-state index in [1.54, 1.807) is 11.5 Å². The monoisotopic (exact) mass is 279 g/mol. The molecule has 0 saturated heterocycles. The number of rotatable bonds is 5. The lowest BCUT2D eigenvalue weighted by molar-refractivity contribution is 0.601. The molecule has 0 aliphatic rings. The summed E-state index contributed by atoms with van der Waals surface area (Å²) >= 11 is 0. The van der Waals surface area contributed by atoms with E-state index in [1.165, 1.54) is 4.57 Å². The molecule has 2 heterocycles. The highest BCUT2D eigenvalue weighted by Crippen LogP contribution is 2.12. The van der Waals surface area contributed by atoms with Crippen LogP contribution in [0.2, 0.25) is 0 Å². The smallest absolute Gasteiger partial charge is 0.329 e. The number of hydrogen-bond acceptors (Lipinski definition) is 4. The van der Waals surface area contributed by atoms with E-state index in [-0.39, 0.29) is 11.2 Å². The van der Waals surface area contributed by atoms with Crippen LogP contribution in [0.15, 0.2) is 9.59 Å². The van der Waals surface area contributed by atoms with E-state index in [9.17, 15) is 9.59 Å². The third-order valence-corrected chi connectivity index (χ3v) is 3.49. The Morgan fingerprint density at radius 3 is 2.20 bits per heavy atom. The topological polar surface area (TPSA) is 87.8 Å². The van der Waals surface area contributed by atoms with E-state index in [1.807, 2.05) is 18.4 Å². The fourth-order valence-corrected chi connectivity index (χ4v) is 2.54. The molecular formula is C13H21N5O2. The van der Waals surface area contributed by atoms with Crippen LogP contribution in [0.4, 0.5) is 0 Å². The van der Waals surface area contributed by atoms with Crippen LogP contribution in [0.25, 0.3) is 11.2 Å². The van der Waals surface area contributed by atoms with Gasteiger partial charge in [-0.25, -0.2) is 9.78 Å². The predicted molar refractivity (Wildman–Crippen MR) is 78.0 cm³/mol. The lowest BCUT2D eigenvalue weighted by Gasteiger charge is -2.09. The van der Waals surface area contributed by atoms with Crippen LogP contribution < -0.4 is 17.0 Å². The first-order valence-corrected chi connectivity index (χ1v) is 7.03. The lowest BCUT2D eigenvalue weighted by Crippen LogP contribution is -2.40. The average molecular weight is 279 g/mol. The molecule has 2 aromatic rings. The normalized spacial score (nSPS) is 11.4. The molecule has 0 radical (unpaired) electrons. The summed E-state index contributed by atoms with van der Waals surface area (Å²) in [4.78, 5) is 29.3. The molecule has 0 unspecified atom stereocenters. The number of nitrogens with two attached hydrogens (primary N) is 1. The molecular weight excluding hydrogens is 258 g/mol.